The van der Waals surface area contributed by atoms with E-state index in [0.29, 0.717) is 0 Å². The van der Waals surface area contributed by atoms with Gasteiger partial charge in [-0.2, -0.15) is 0 Å². The van der Waals surface area contributed by atoms with E-state index in [2.05, 4.69) is 33.9 Å². The van der Waals surface area contributed by atoms with Gasteiger partial charge in [-0.25, -0.2) is 14.4 Å². The van der Waals surface area contributed by atoms with Crippen molar-refractivity contribution in [3.05, 3.63) is 106 Å². The van der Waals surface area contributed by atoms with Crippen molar-refractivity contribution in [1.29, 1.82) is 0 Å². The van der Waals surface area contributed by atoms with E-state index in [-0.39, 0.29) is 28.3 Å². The summed E-state index contributed by atoms with van der Waals surface area (Å²) >= 11 is 0. The molecular formula is C36H44O9Si. The van der Waals surface area contributed by atoms with Crippen molar-refractivity contribution in [2.24, 2.45) is 0 Å². The third kappa shape index (κ3) is 8.50. The van der Waals surface area contributed by atoms with Crippen molar-refractivity contribution >= 4 is 26.2 Å². The lowest BCUT2D eigenvalue weighted by Crippen LogP contribution is -2.63. The first kappa shape index (κ1) is 35.0. The lowest BCUT2D eigenvalue weighted by Gasteiger charge is -2.44. The molecule has 1 heterocycles. The smallest absolute Gasteiger partial charge is 0.338 e. The molecule has 246 valence electrons. The number of hydrogen-bond donors (Lipinski definition) is 1. The zero-order chi connectivity index (χ0) is 33.8. The molecule has 1 N–H and O–H groups in total. The molecule has 0 spiro atoms. The third-order valence-corrected chi connectivity index (χ3v) is 13.1. The maximum absolute atomic E-state index is 13.5. The number of ether oxygens (including phenoxy) is 4. The highest BCUT2D eigenvalue weighted by Gasteiger charge is 2.53. The minimum atomic E-state index is -2.35. The summed E-state index contributed by atoms with van der Waals surface area (Å²) in [4.78, 5) is 40.3. The van der Waals surface area contributed by atoms with Gasteiger partial charge in [0.25, 0.3) is 0 Å². The summed E-state index contributed by atoms with van der Waals surface area (Å²) in [5.41, 5.74) is 3.55. The quantitative estimate of drug-likeness (QED) is 0.161. The number of aryl methyl sites for hydroxylation is 3. The van der Waals surface area contributed by atoms with Crippen LogP contribution in [0, 0.1) is 20.8 Å². The number of aliphatic hydroxyl groups is 1. The molecule has 1 aliphatic heterocycles. The average Bonchev–Trinajstić information content (AvgIpc) is 2.99. The van der Waals surface area contributed by atoms with Gasteiger partial charge in [0.1, 0.15) is 6.10 Å². The largest absolute Gasteiger partial charge is 0.452 e. The van der Waals surface area contributed by atoms with Gasteiger partial charge in [0.15, 0.2) is 32.9 Å². The Morgan fingerprint density at radius 1 is 0.652 bits per heavy atom. The van der Waals surface area contributed by atoms with Crippen LogP contribution >= 0.6 is 0 Å². The van der Waals surface area contributed by atoms with Gasteiger partial charge in [0, 0.05) is 0 Å². The maximum Gasteiger partial charge on any atom is 0.338 e. The normalized spacial score (nSPS) is 21.7. The zero-order valence-corrected chi connectivity index (χ0v) is 28.7. The molecule has 1 saturated heterocycles. The van der Waals surface area contributed by atoms with E-state index in [1.54, 1.807) is 72.8 Å². The lowest BCUT2D eigenvalue weighted by atomic mass is 9.97. The minimum Gasteiger partial charge on any atom is -0.452 e. The van der Waals surface area contributed by atoms with E-state index in [9.17, 15) is 19.5 Å². The van der Waals surface area contributed by atoms with Gasteiger partial charge in [-0.15, -0.1) is 0 Å². The van der Waals surface area contributed by atoms with E-state index in [4.69, 9.17) is 23.4 Å². The molecule has 5 atom stereocenters. The summed E-state index contributed by atoms with van der Waals surface area (Å²) < 4.78 is 30.2. The van der Waals surface area contributed by atoms with Gasteiger partial charge < -0.3 is 28.5 Å². The zero-order valence-electron chi connectivity index (χ0n) is 27.7. The van der Waals surface area contributed by atoms with E-state index < -0.39 is 56.9 Å². The average molecular weight is 649 g/mol. The van der Waals surface area contributed by atoms with Crippen LogP contribution in [0.2, 0.25) is 18.1 Å². The van der Waals surface area contributed by atoms with Crippen LogP contribution in [0.15, 0.2) is 72.8 Å². The van der Waals surface area contributed by atoms with Crippen molar-refractivity contribution in [3.63, 3.8) is 0 Å². The first-order valence-electron chi connectivity index (χ1n) is 15.4. The fraction of sp³-hybridized carbons (Fsp3) is 0.417. The summed E-state index contributed by atoms with van der Waals surface area (Å²) in [6, 6.07) is 20.2. The van der Waals surface area contributed by atoms with Crippen molar-refractivity contribution in [2.75, 3.05) is 6.61 Å². The maximum atomic E-state index is 13.5. The van der Waals surface area contributed by atoms with E-state index in [1.807, 2.05) is 20.8 Å². The molecule has 10 heteroatoms. The molecule has 0 radical (unpaired) electrons. The molecule has 0 unspecified atom stereocenters. The summed E-state index contributed by atoms with van der Waals surface area (Å²) in [5, 5.41) is 11.1. The molecular weight excluding hydrogens is 604 g/mol. The van der Waals surface area contributed by atoms with Crippen molar-refractivity contribution in [2.45, 2.75) is 90.4 Å². The number of benzene rings is 3. The van der Waals surface area contributed by atoms with Crippen LogP contribution in [0.3, 0.4) is 0 Å². The molecule has 0 amide bonds. The number of aliphatic hydroxyl groups excluding tert-OH is 1. The number of hydrogen-bond acceptors (Lipinski definition) is 9. The Kier molecular flexibility index (Phi) is 10.9. The number of carbonyl (C=O) groups excluding carboxylic acids is 3. The second-order valence-electron chi connectivity index (χ2n) is 13.3. The molecule has 46 heavy (non-hydrogen) atoms. The number of carbonyl (C=O) groups is 3. The van der Waals surface area contributed by atoms with Gasteiger partial charge in [0.05, 0.1) is 23.3 Å². The summed E-state index contributed by atoms with van der Waals surface area (Å²) in [6.45, 7) is 15.9. The molecule has 1 aliphatic rings. The van der Waals surface area contributed by atoms with Gasteiger partial charge in [-0.3, -0.25) is 0 Å². The summed E-state index contributed by atoms with van der Waals surface area (Å²) in [7, 11) is -2.35. The van der Waals surface area contributed by atoms with Crippen LogP contribution in [-0.4, -0.2) is 68.6 Å². The molecule has 4 rings (SSSR count). The highest BCUT2D eigenvalue weighted by molar-refractivity contribution is 6.74. The predicted molar refractivity (Wildman–Crippen MR) is 175 cm³/mol. The Bertz CT molecular complexity index is 1510. The van der Waals surface area contributed by atoms with Gasteiger partial charge >= 0.3 is 17.9 Å². The van der Waals surface area contributed by atoms with Crippen LogP contribution in [0.4, 0.5) is 0 Å². The first-order chi connectivity index (χ1) is 21.6. The molecule has 0 aromatic heterocycles. The second kappa shape index (κ2) is 14.3. The van der Waals surface area contributed by atoms with Crippen molar-refractivity contribution < 1.29 is 42.9 Å². The van der Waals surface area contributed by atoms with Crippen molar-refractivity contribution in [3.8, 4) is 0 Å². The Labute approximate surface area is 271 Å². The van der Waals surface area contributed by atoms with Gasteiger partial charge in [0.2, 0.25) is 0 Å². The van der Waals surface area contributed by atoms with Crippen LogP contribution in [-0.2, 0) is 23.4 Å². The Balaban J connectivity index is 1.73. The Morgan fingerprint density at radius 2 is 1.00 bits per heavy atom. The van der Waals surface area contributed by atoms with E-state index >= 15 is 0 Å². The van der Waals surface area contributed by atoms with Crippen LogP contribution in [0.5, 0.6) is 0 Å². The predicted octanol–water partition coefficient (Wildman–Crippen LogP) is 6.33. The lowest BCUT2D eigenvalue weighted by molar-refractivity contribution is -0.283. The van der Waals surface area contributed by atoms with Gasteiger partial charge in [-0.1, -0.05) is 73.9 Å². The standard InChI is InChI=1S/C36H44O9Si/c1-22-9-15-25(16-10-22)32(37)43-29-28(21-41-46(7,8)36(4,5)6)42-35(40)31(45-34(39)27-19-13-24(3)14-20-27)30(29)44-33(38)26-17-11-23(2)12-18-26/h9-20,28-31,35,40H,21H2,1-8H3/t28-,29-,30+,31-,35-/m1/s1. The minimum absolute atomic E-state index is 0.0728. The van der Waals surface area contributed by atoms with Gasteiger partial charge in [-0.05, 0) is 75.3 Å². The molecule has 0 bridgehead atoms. The molecule has 0 saturated carbocycles. The van der Waals surface area contributed by atoms with Crippen LogP contribution < -0.4 is 0 Å². The Hall–Kier alpha value is -3.83. The molecule has 1 fully saturated rings. The molecule has 3 aromatic carbocycles. The van der Waals surface area contributed by atoms with Crippen molar-refractivity contribution in [1.82, 2.24) is 0 Å². The number of esters is 3. The topological polar surface area (TPSA) is 118 Å². The Morgan fingerprint density at radius 3 is 1.37 bits per heavy atom. The summed E-state index contributed by atoms with van der Waals surface area (Å²) in [6.07, 6.45) is -7.10. The second-order valence-corrected chi connectivity index (χ2v) is 18.2. The first-order valence-corrected chi connectivity index (χ1v) is 18.3. The highest BCUT2D eigenvalue weighted by Crippen LogP contribution is 2.38. The van der Waals surface area contributed by atoms with E-state index in [0.717, 1.165) is 16.7 Å². The molecule has 0 aliphatic carbocycles. The SMILES string of the molecule is Cc1ccc(C(=O)O[C@@H]2[C@@H](OC(=O)c3ccc(C)cc3)[C@H](O)O[C@H](CO[Si](C)(C)C(C)(C)C)[C@H]2OC(=O)c2ccc(C)cc2)cc1. The number of rotatable bonds is 9. The fourth-order valence-electron chi connectivity index (χ4n) is 4.58. The highest BCUT2D eigenvalue weighted by atomic mass is 28.4. The monoisotopic (exact) mass is 648 g/mol. The molecule has 3 aromatic rings. The van der Waals surface area contributed by atoms with E-state index in [1.165, 1.54) is 0 Å². The van der Waals surface area contributed by atoms with Crippen LogP contribution in [0.1, 0.15) is 68.5 Å². The molecule has 9 nitrogen and oxygen atoms in total. The fourth-order valence-corrected chi connectivity index (χ4v) is 5.60. The van der Waals surface area contributed by atoms with Crippen LogP contribution in [0.25, 0.3) is 0 Å². The third-order valence-electron chi connectivity index (χ3n) is 8.62. The summed E-state index contributed by atoms with van der Waals surface area (Å²) in [5.74, 6) is -2.23.